The zero-order chi connectivity index (χ0) is 12.8. The van der Waals surface area contributed by atoms with E-state index in [9.17, 15) is 0 Å². The summed E-state index contributed by atoms with van der Waals surface area (Å²) >= 11 is 0. The molecule has 92 valence electrons. The van der Waals surface area contributed by atoms with Gasteiger partial charge in [-0.05, 0) is 20.8 Å². The van der Waals surface area contributed by atoms with Gasteiger partial charge in [0.2, 0.25) is 11.9 Å². The fourth-order valence-corrected chi connectivity index (χ4v) is 1.17. The second-order valence-electron chi connectivity index (χ2n) is 3.54. The van der Waals surface area contributed by atoms with Crippen molar-refractivity contribution in [2.24, 2.45) is 0 Å². The van der Waals surface area contributed by atoms with Crippen molar-refractivity contribution in [1.29, 1.82) is 5.26 Å². The van der Waals surface area contributed by atoms with Gasteiger partial charge in [0, 0.05) is 12.6 Å². The van der Waals surface area contributed by atoms with Crippen LogP contribution in [0.15, 0.2) is 0 Å². The molecular formula is C10H16N6O. The fourth-order valence-electron chi connectivity index (χ4n) is 1.17. The summed E-state index contributed by atoms with van der Waals surface area (Å²) in [4.78, 5) is 13.6. The number of methoxy groups -OCH3 is 1. The fraction of sp³-hybridized carbons (Fsp3) is 0.600. The Morgan fingerprint density at radius 3 is 2.59 bits per heavy atom. The summed E-state index contributed by atoms with van der Waals surface area (Å²) in [7, 11) is 1.47. The monoisotopic (exact) mass is 236 g/mol. The van der Waals surface area contributed by atoms with Gasteiger partial charge in [0.1, 0.15) is 0 Å². The van der Waals surface area contributed by atoms with Crippen LogP contribution in [0, 0.1) is 11.5 Å². The maximum atomic E-state index is 9.05. The average Bonchev–Trinajstić information content (AvgIpc) is 2.29. The smallest absolute Gasteiger partial charge is 0.322 e. The van der Waals surface area contributed by atoms with Crippen molar-refractivity contribution in [2.45, 2.75) is 26.8 Å². The van der Waals surface area contributed by atoms with Crippen molar-refractivity contribution >= 4 is 11.9 Å². The third-order valence-corrected chi connectivity index (χ3v) is 1.96. The molecular weight excluding hydrogens is 220 g/mol. The van der Waals surface area contributed by atoms with E-state index in [0.717, 1.165) is 0 Å². The van der Waals surface area contributed by atoms with E-state index in [-0.39, 0.29) is 18.0 Å². The number of rotatable bonds is 5. The first-order valence-corrected chi connectivity index (χ1v) is 5.35. The van der Waals surface area contributed by atoms with Gasteiger partial charge < -0.3 is 10.1 Å². The lowest BCUT2D eigenvalue weighted by molar-refractivity contribution is 0.379. The zero-order valence-electron chi connectivity index (χ0n) is 10.4. The van der Waals surface area contributed by atoms with Gasteiger partial charge in [-0.25, -0.2) is 4.90 Å². The van der Waals surface area contributed by atoms with E-state index in [0.29, 0.717) is 12.5 Å². The van der Waals surface area contributed by atoms with E-state index in [4.69, 9.17) is 10.00 Å². The second kappa shape index (κ2) is 5.84. The van der Waals surface area contributed by atoms with Gasteiger partial charge in [-0.3, -0.25) is 0 Å². The highest BCUT2D eigenvalue weighted by Crippen LogP contribution is 2.16. The lowest BCUT2D eigenvalue weighted by Crippen LogP contribution is -2.27. The van der Waals surface area contributed by atoms with Crippen LogP contribution >= 0.6 is 0 Å². The van der Waals surface area contributed by atoms with E-state index < -0.39 is 0 Å². The minimum absolute atomic E-state index is 0.0263. The highest BCUT2D eigenvalue weighted by atomic mass is 16.5. The highest BCUT2D eigenvalue weighted by molar-refractivity contribution is 5.42. The topological polar surface area (TPSA) is 87.0 Å². The van der Waals surface area contributed by atoms with Crippen LogP contribution in [0.4, 0.5) is 11.9 Å². The van der Waals surface area contributed by atoms with Gasteiger partial charge in [-0.2, -0.15) is 20.2 Å². The number of aromatic nitrogens is 3. The molecule has 7 nitrogen and oxygen atoms in total. The minimum atomic E-state index is -0.0263. The van der Waals surface area contributed by atoms with Crippen LogP contribution in [0.2, 0.25) is 0 Å². The Morgan fingerprint density at radius 2 is 2.12 bits per heavy atom. The van der Waals surface area contributed by atoms with Crippen molar-refractivity contribution in [1.82, 2.24) is 15.0 Å². The molecule has 1 heterocycles. The van der Waals surface area contributed by atoms with Gasteiger partial charge in [-0.15, -0.1) is 0 Å². The van der Waals surface area contributed by atoms with Crippen molar-refractivity contribution in [3.8, 4) is 12.2 Å². The Hall–Kier alpha value is -2.10. The molecule has 0 aliphatic heterocycles. The maximum absolute atomic E-state index is 9.05. The standard InChI is InChI=1S/C10H16N6O/c1-5-12-8-13-9(15-10(14-8)17-4)16(6-11)7(2)3/h7H,5H2,1-4H3,(H,12,13,14,15). The van der Waals surface area contributed by atoms with Crippen molar-refractivity contribution < 1.29 is 4.74 Å². The highest BCUT2D eigenvalue weighted by Gasteiger charge is 2.16. The first-order chi connectivity index (χ1) is 8.12. The lowest BCUT2D eigenvalue weighted by Gasteiger charge is -2.18. The predicted octanol–water partition coefficient (Wildman–Crippen LogP) is 1.01. The molecule has 0 radical (unpaired) electrons. The summed E-state index contributed by atoms with van der Waals surface area (Å²) < 4.78 is 4.98. The number of nitriles is 1. The SMILES string of the molecule is CCNc1nc(OC)nc(N(C#N)C(C)C)n1. The van der Waals surface area contributed by atoms with Crippen LogP contribution in [-0.2, 0) is 0 Å². The second-order valence-corrected chi connectivity index (χ2v) is 3.54. The number of hydrogen-bond acceptors (Lipinski definition) is 7. The molecule has 17 heavy (non-hydrogen) atoms. The summed E-state index contributed by atoms with van der Waals surface area (Å²) in [5.74, 6) is 0.681. The maximum Gasteiger partial charge on any atom is 0.322 e. The molecule has 1 rings (SSSR count). The molecule has 0 aliphatic carbocycles. The van der Waals surface area contributed by atoms with Gasteiger partial charge in [-0.1, -0.05) is 0 Å². The molecule has 0 saturated heterocycles. The number of ether oxygens (including phenoxy) is 1. The summed E-state index contributed by atoms with van der Waals surface area (Å²) in [6, 6.07) is 0.161. The zero-order valence-corrected chi connectivity index (χ0v) is 10.4. The number of hydrogen-bond donors (Lipinski definition) is 1. The van der Waals surface area contributed by atoms with Crippen LogP contribution in [0.25, 0.3) is 0 Å². The molecule has 0 aliphatic rings. The van der Waals surface area contributed by atoms with Crippen LogP contribution in [0.5, 0.6) is 6.01 Å². The van der Waals surface area contributed by atoms with Gasteiger partial charge >= 0.3 is 6.01 Å². The summed E-state index contributed by atoms with van der Waals surface area (Å²) in [5, 5.41) is 12.0. The average molecular weight is 236 g/mol. The van der Waals surface area contributed by atoms with Crippen molar-refractivity contribution in [3.63, 3.8) is 0 Å². The van der Waals surface area contributed by atoms with Crippen LogP contribution in [0.3, 0.4) is 0 Å². The Bertz CT molecular complexity index is 414. The molecule has 1 aromatic rings. The molecule has 1 aromatic heterocycles. The number of nitrogens with zero attached hydrogens (tertiary/aromatic N) is 5. The Morgan fingerprint density at radius 1 is 1.41 bits per heavy atom. The van der Waals surface area contributed by atoms with Gasteiger partial charge in [0.05, 0.1) is 7.11 Å². The normalized spacial score (nSPS) is 9.88. The third kappa shape index (κ3) is 3.17. The van der Waals surface area contributed by atoms with Crippen molar-refractivity contribution in [3.05, 3.63) is 0 Å². The van der Waals surface area contributed by atoms with E-state index in [2.05, 4.69) is 20.3 Å². The lowest BCUT2D eigenvalue weighted by atomic mass is 10.4. The Kier molecular flexibility index (Phi) is 4.46. The largest absolute Gasteiger partial charge is 0.467 e. The van der Waals surface area contributed by atoms with E-state index in [1.165, 1.54) is 12.0 Å². The molecule has 0 unspecified atom stereocenters. The minimum Gasteiger partial charge on any atom is -0.467 e. The quantitative estimate of drug-likeness (QED) is 0.603. The van der Waals surface area contributed by atoms with Gasteiger partial charge in [0.15, 0.2) is 6.19 Å². The Labute approximate surface area is 100 Å². The molecule has 0 aromatic carbocycles. The molecule has 0 spiro atoms. The molecule has 0 fully saturated rings. The molecule has 0 bridgehead atoms. The summed E-state index contributed by atoms with van der Waals surface area (Å²) in [6.45, 7) is 6.38. The van der Waals surface area contributed by atoms with E-state index in [1.807, 2.05) is 27.0 Å². The molecule has 1 N–H and O–H groups in total. The van der Waals surface area contributed by atoms with Crippen LogP contribution in [-0.4, -0.2) is 34.6 Å². The van der Waals surface area contributed by atoms with Crippen LogP contribution in [0.1, 0.15) is 20.8 Å². The first-order valence-electron chi connectivity index (χ1n) is 5.35. The van der Waals surface area contributed by atoms with E-state index in [1.54, 1.807) is 0 Å². The molecule has 0 saturated carbocycles. The summed E-state index contributed by atoms with van der Waals surface area (Å²) in [6.07, 6.45) is 2.04. The molecule has 0 atom stereocenters. The molecule has 7 heteroatoms. The first kappa shape index (κ1) is 13.0. The Balaban J connectivity index is 3.14. The van der Waals surface area contributed by atoms with Crippen LogP contribution < -0.4 is 15.0 Å². The van der Waals surface area contributed by atoms with Gasteiger partial charge in [0.25, 0.3) is 0 Å². The number of nitrogens with one attached hydrogen (secondary N) is 1. The number of anilines is 2. The van der Waals surface area contributed by atoms with Crippen molar-refractivity contribution in [2.75, 3.05) is 23.9 Å². The summed E-state index contributed by atoms with van der Waals surface area (Å²) in [5.41, 5.74) is 0. The van der Waals surface area contributed by atoms with E-state index >= 15 is 0 Å². The third-order valence-electron chi connectivity index (χ3n) is 1.96. The molecule has 0 amide bonds. The predicted molar refractivity (Wildman–Crippen MR) is 63.8 cm³/mol.